The first kappa shape index (κ1) is 12.4. The number of aromatic nitrogens is 2. The van der Waals surface area contributed by atoms with E-state index >= 15 is 0 Å². The molecular weight excluding hydrogens is 309 g/mol. The lowest BCUT2D eigenvalue weighted by atomic mass is 10.4. The quantitative estimate of drug-likeness (QED) is 0.640. The van der Waals surface area contributed by atoms with Crippen molar-refractivity contribution in [2.75, 3.05) is 27.2 Å². The Bertz CT molecular complexity index is 365. The van der Waals surface area contributed by atoms with Gasteiger partial charge in [0.25, 0.3) is 5.56 Å². The predicted molar refractivity (Wildman–Crippen MR) is 66.2 cm³/mol. The van der Waals surface area contributed by atoms with Gasteiger partial charge in [-0.15, -0.1) is 0 Å². The van der Waals surface area contributed by atoms with E-state index in [0.717, 1.165) is 13.0 Å². The molecule has 1 heterocycles. The number of H-pyrrole nitrogens is 1. The monoisotopic (exact) mass is 323 g/mol. The van der Waals surface area contributed by atoms with Crippen LogP contribution in [0.4, 0.5) is 0 Å². The Morgan fingerprint density at radius 3 is 3.00 bits per heavy atom. The van der Waals surface area contributed by atoms with Gasteiger partial charge in [0, 0.05) is 6.54 Å². The Hall–Kier alpha value is -0.630. The van der Waals surface area contributed by atoms with Crippen molar-refractivity contribution in [3.63, 3.8) is 0 Å². The molecule has 0 aliphatic carbocycles. The maximum Gasteiger partial charge on any atom is 0.268 e. The molecule has 0 aromatic carbocycles. The zero-order valence-corrected chi connectivity index (χ0v) is 10.9. The van der Waals surface area contributed by atoms with Crippen LogP contribution in [-0.4, -0.2) is 42.1 Å². The normalized spacial score (nSPS) is 10.7. The van der Waals surface area contributed by atoms with Gasteiger partial charge in [-0.25, -0.2) is 4.98 Å². The van der Waals surface area contributed by atoms with Crippen LogP contribution < -0.4 is 10.3 Å². The van der Waals surface area contributed by atoms with Crippen LogP contribution in [0.25, 0.3) is 0 Å². The zero-order chi connectivity index (χ0) is 11.3. The highest BCUT2D eigenvalue weighted by Gasteiger charge is 2.05. The van der Waals surface area contributed by atoms with Crippen molar-refractivity contribution in [1.82, 2.24) is 14.9 Å². The van der Waals surface area contributed by atoms with E-state index in [4.69, 9.17) is 4.74 Å². The highest BCUT2D eigenvalue weighted by molar-refractivity contribution is 14.1. The molecular formula is C9H14IN3O2. The molecule has 0 spiro atoms. The van der Waals surface area contributed by atoms with Crippen LogP contribution in [0.5, 0.6) is 5.88 Å². The molecule has 1 N–H and O–H groups in total. The first-order valence-electron chi connectivity index (χ1n) is 4.62. The molecule has 0 amide bonds. The lowest BCUT2D eigenvalue weighted by Gasteiger charge is -2.10. The van der Waals surface area contributed by atoms with Crippen molar-refractivity contribution in [3.05, 3.63) is 20.3 Å². The van der Waals surface area contributed by atoms with Crippen LogP contribution in [0.1, 0.15) is 6.42 Å². The van der Waals surface area contributed by atoms with Gasteiger partial charge in [0.2, 0.25) is 5.88 Å². The summed E-state index contributed by atoms with van der Waals surface area (Å²) in [7, 11) is 4.02. The van der Waals surface area contributed by atoms with Crippen LogP contribution in [0.2, 0.25) is 0 Å². The summed E-state index contributed by atoms with van der Waals surface area (Å²) in [4.78, 5) is 19.7. The van der Waals surface area contributed by atoms with Crippen molar-refractivity contribution in [3.8, 4) is 5.88 Å². The van der Waals surface area contributed by atoms with Crippen LogP contribution >= 0.6 is 22.6 Å². The number of halogens is 1. The molecule has 0 bridgehead atoms. The summed E-state index contributed by atoms with van der Waals surface area (Å²) in [5.74, 6) is 0.415. The third kappa shape index (κ3) is 4.17. The highest BCUT2D eigenvalue weighted by Crippen LogP contribution is 2.11. The van der Waals surface area contributed by atoms with E-state index < -0.39 is 0 Å². The largest absolute Gasteiger partial charge is 0.477 e. The van der Waals surface area contributed by atoms with E-state index in [2.05, 4.69) is 14.9 Å². The Labute approximate surface area is 102 Å². The average molecular weight is 323 g/mol. The zero-order valence-electron chi connectivity index (χ0n) is 8.79. The number of rotatable bonds is 5. The van der Waals surface area contributed by atoms with Crippen molar-refractivity contribution >= 4 is 22.6 Å². The SMILES string of the molecule is CN(C)CCCOc1nc[nH]c(=O)c1I. The Balaban J connectivity index is 2.44. The topological polar surface area (TPSA) is 58.2 Å². The van der Waals surface area contributed by atoms with Gasteiger partial charge in [-0.3, -0.25) is 4.79 Å². The molecule has 0 saturated heterocycles. The molecule has 6 heteroatoms. The molecule has 0 atom stereocenters. The number of nitrogens with zero attached hydrogens (tertiary/aromatic N) is 2. The first-order chi connectivity index (χ1) is 7.11. The molecule has 0 unspecified atom stereocenters. The van der Waals surface area contributed by atoms with Crippen LogP contribution in [0, 0.1) is 3.57 Å². The Morgan fingerprint density at radius 2 is 2.33 bits per heavy atom. The molecule has 5 nitrogen and oxygen atoms in total. The van der Waals surface area contributed by atoms with E-state index in [1.165, 1.54) is 6.33 Å². The number of ether oxygens (including phenoxy) is 1. The lowest BCUT2D eigenvalue weighted by Crippen LogP contribution is -2.17. The fourth-order valence-electron chi connectivity index (χ4n) is 1.02. The van der Waals surface area contributed by atoms with Gasteiger partial charge in [0.1, 0.15) is 3.57 Å². The minimum atomic E-state index is -0.159. The molecule has 1 aromatic heterocycles. The van der Waals surface area contributed by atoms with E-state index in [-0.39, 0.29) is 5.56 Å². The maximum atomic E-state index is 11.2. The summed E-state index contributed by atoms with van der Waals surface area (Å²) in [5.41, 5.74) is -0.159. The van der Waals surface area contributed by atoms with E-state index in [0.29, 0.717) is 16.1 Å². The van der Waals surface area contributed by atoms with Crippen molar-refractivity contribution in [1.29, 1.82) is 0 Å². The lowest BCUT2D eigenvalue weighted by molar-refractivity contribution is 0.270. The molecule has 1 aromatic rings. The number of nitrogens with one attached hydrogen (secondary N) is 1. The van der Waals surface area contributed by atoms with Crippen molar-refractivity contribution in [2.24, 2.45) is 0 Å². The summed E-state index contributed by atoms with van der Waals surface area (Å²) in [6.45, 7) is 1.53. The second kappa shape index (κ2) is 6.06. The minimum Gasteiger partial charge on any atom is -0.477 e. The Morgan fingerprint density at radius 1 is 1.60 bits per heavy atom. The molecule has 0 fully saturated rings. The third-order valence-corrected chi connectivity index (χ3v) is 2.70. The highest BCUT2D eigenvalue weighted by atomic mass is 127. The Kier molecular flexibility index (Phi) is 5.03. The van der Waals surface area contributed by atoms with Crippen LogP contribution in [0.15, 0.2) is 11.1 Å². The van der Waals surface area contributed by atoms with E-state index in [1.54, 1.807) is 0 Å². The maximum absolute atomic E-state index is 11.2. The number of hydrogen-bond donors (Lipinski definition) is 1. The molecule has 84 valence electrons. The minimum absolute atomic E-state index is 0.159. The van der Waals surface area contributed by atoms with Gasteiger partial charge in [0.05, 0.1) is 12.9 Å². The summed E-state index contributed by atoms with van der Waals surface area (Å²) < 4.78 is 5.90. The van der Waals surface area contributed by atoms with Gasteiger partial charge in [-0.2, -0.15) is 0 Å². The summed E-state index contributed by atoms with van der Waals surface area (Å²) in [5, 5.41) is 0. The average Bonchev–Trinajstić information content (AvgIpc) is 2.18. The summed E-state index contributed by atoms with van der Waals surface area (Å²) in [6, 6.07) is 0. The fourth-order valence-corrected chi connectivity index (χ4v) is 1.47. The first-order valence-corrected chi connectivity index (χ1v) is 5.70. The smallest absolute Gasteiger partial charge is 0.268 e. The molecule has 0 saturated carbocycles. The second-order valence-corrected chi connectivity index (χ2v) is 4.43. The third-order valence-electron chi connectivity index (χ3n) is 1.75. The van der Waals surface area contributed by atoms with Crippen molar-refractivity contribution in [2.45, 2.75) is 6.42 Å². The van der Waals surface area contributed by atoms with Gasteiger partial charge >= 0.3 is 0 Å². The molecule has 0 radical (unpaired) electrons. The van der Waals surface area contributed by atoms with Crippen molar-refractivity contribution < 1.29 is 4.74 Å². The predicted octanol–water partition coefficient (Wildman–Crippen LogP) is 0.705. The molecule has 15 heavy (non-hydrogen) atoms. The standard InChI is InChI=1S/C9H14IN3O2/c1-13(2)4-3-5-15-9-7(10)8(14)11-6-12-9/h6H,3-5H2,1-2H3,(H,11,12,14). The van der Waals surface area contributed by atoms with Gasteiger partial charge in [0.15, 0.2) is 0 Å². The molecule has 1 rings (SSSR count). The number of aromatic amines is 1. The summed E-state index contributed by atoms with van der Waals surface area (Å²) >= 11 is 1.93. The van der Waals surface area contributed by atoms with Gasteiger partial charge in [-0.1, -0.05) is 0 Å². The van der Waals surface area contributed by atoms with Crippen LogP contribution in [-0.2, 0) is 0 Å². The van der Waals surface area contributed by atoms with E-state index in [9.17, 15) is 4.79 Å². The molecule has 0 aliphatic rings. The number of hydrogen-bond acceptors (Lipinski definition) is 4. The second-order valence-electron chi connectivity index (χ2n) is 3.36. The summed E-state index contributed by atoms with van der Waals surface area (Å²) in [6.07, 6.45) is 2.27. The molecule has 0 aliphatic heterocycles. The van der Waals surface area contributed by atoms with E-state index in [1.807, 2.05) is 36.7 Å². The fraction of sp³-hybridized carbons (Fsp3) is 0.556. The van der Waals surface area contributed by atoms with Gasteiger partial charge in [-0.05, 0) is 43.1 Å². The van der Waals surface area contributed by atoms with Crippen LogP contribution in [0.3, 0.4) is 0 Å². The van der Waals surface area contributed by atoms with Gasteiger partial charge < -0.3 is 14.6 Å².